The zero-order chi connectivity index (χ0) is 23.7. The van der Waals surface area contributed by atoms with E-state index in [1.165, 1.54) is 12.1 Å². The Morgan fingerprint density at radius 3 is 2.82 bits per heavy atom. The van der Waals surface area contributed by atoms with E-state index in [0.717, 1.165) is 41.8 Å². The highest BCUT2D eigenvalue weighted by atomic mass is 19.1. The highest BCUT2D eigenvalue weighted by Crippen LogP contribution is 2.41. The first-order valence-electron chi connectivity index (χ1n) is 11.0. The minimum atomic E-state index is -0.921. The van der Waals surface area contributed by atoms with Crippen LogP contribution in [0.2, 0.25) is 0 Å². The molecule has 0 radical (unpaired) electrons. The Bertz CT molecular complexity index is 1330. The van der Waals surface area contributed by atoms with Crippen LogP contribution in [0.15, 0.2) is 59.5 Å². The standard InChI is InChI=1S/C24H23FN6O3/c1-30-14-16(13-28-30)19-11-17(9-10-27-19)33-21-8-4-7-18(25)23(21)31(24(26)32)22-12-20(29-34-22)15-5-2-3-6-15/h4,7-15H,2-3,5-6H2,1H3,(H2,26,32). The van der Waals surface area contributed by atoms with Gasteiger partial charge < -0.3 is 15.0 Å². The zero-order valence-electron chi connectivity index (χ0n) is 18.5. The minimum absolute atomic E-state index is 0.0372. The SMILES string of the molecule is Cn1cc(-c2cc(Oc3cccc(F)c3N(C(N)=O)c3cc(C4CCCC4)no3)ccn2)cn1. The van der Waals surface area contributed by atoms with Crippen LogP contribution in [0, 0.1) is 5.82 Å². The summed E-state index contributed by atoms with van der Waals surface area (Å²) in [5.74, 6) is 0.0772. The van der Waals surface area contributed by atoms with Crippen molar-refractivity contribution in [2.45, 2.75) is 31.6 Å². The number of nitrogens with two attached hydrogens (primary N) is 1. The first-order valence-corrected chi connectivity index (χ1v) is 11.0. The van der Waals surface area contributed by atoms with Gasteiger partial charge in [0.25, 0.3) is 0 Å². The van der Waals surface area contributed by atoms with Crippen LogP contribution in [0.25, 0.3) is 11.3 Å². The van der Waals surface area contributed by atoms with Gasteiger partial charge in [0.2, 0.25) is 5.88 Å². The van der Waals surface area contributed by atoms with Gasteiger partial charge >= 0.3 is 6.03 Å². The summed E-state index contributed by atoms with van der Waals surface area (Å²) in [4.78, 5) is 17.7. The molecule has 2 amide bonds. The zero-order valence-corrected chi connectivity index (χ0v) is 18.5. The largest absolute Gasteiger partial charge is 0.455 e. The van der Waals surface area contributed by atoms with Crippen molar-refractivity contribution in [1.29, 1.82) is 0 Å². The van der Waals surface area contributed by atoms with E-state index in [4.69, 9.17) is 15.0 Å². The number of aromatic nitrogens is 4. The number of aryl methyl sites for hydroxylation is 1. The molecule has 3 heterocycles. The Hall–Kier alpha value is -4.21. The number of para-hydroxylation sites is 1. The van der Waals surface area contributed by atoms with E-state index in [9.17, 15) is 4.79 Å². The number of carbonyl (C=O) groups excluding carboxylic acids is 1. The lowest BCUT2D eigenvalue weighted by molar-refractivity contribution is 0.254. The minimum Gasteiger partial charge on any atom is -0.455 e. The molecule has 0 bridgehead atoms. The summed E-state index contributed by atoms with van der Waals surface area (Å²) in [5.41, 5.74) is 7.65. The smallest absolute Gasteiger partial charge is 0.326 e. The first-order chi connectivity index (χ1) is 16.5. The average molecular weight is 462 g/mol. The van der Waals surface area contributed by atoms with Crippen LogP contribution in [-0.2, 0) is 7.05 Å². The topological polar surface area (TPSA) is 112 Å². The highest BCUT2D eigenvalue weighted by Gasteiger charge is 2.29. The van der Waals surface area contributed by atoms with Crippen LogP contribution in [0.4, 0.5) is 20.8 Å². The van der Waals surface area contributed by atoms with Gasteiger partial charge in [-0.2, -0.15) is 5.10 Å². The Morgan fingerprint density at radius 1 is 1.26 bits per heavy atom. The molecule has 0 spiro atoms. The Balaban J connectivity index is 1.50. The van der Waals surface area contributed by atoms with Gasteiger partial charge in [0.15, 0.2) is 11.6 Å². The molecule has 0 unspecified atom stereocenters. The second-order valence-corrected chi connectivity index (χ2v) is 8.21. The van der Waals surface area contributed by atoms with E-state index in [2.05, 4.69) is 15.2 Å². The Morgan fingerprint density at radius 2 is 2.09 bits per heavy atom. The third-order valence-corrected chi connectivity index (χ3v) is 5.86. The summed E-state index contributed by atoms with van der Waals surface area (Å²) >= 11 is 0. The summed E-state index contributed by atoms with van der Waals surface area (Å²) in [5, 5.41) is 8.26. The normalized spacial score (nSPS) is 13.8. The van der Waals surface area contributed by atoms with E-state index in [1.807, 2.05) is 13.2 Å². The molecule has 10 heteroatoms. The quantitative estimate of drug-likeness (QED) is 0.417. The van der Waals surface area contributed by atoms with Gasteiger partial charge in [-0.25, -0.2) is 14.1 Å². The van der Waals surface area contributed by atoms with E-state index in [-0.39, 0.29) is 23.2 Å². The second kappa shape index (κ2) is 8.97. The van der Waals surface area contributed by atoms with Gasteiger partial charge in [-0.15, -0.1) is 0 Å². The number of hydrogen-bond donors (Lipinski definition) is 1. The molecule has 3 aromatic heterocycles. The molecule has 5 rings (SSSR count). The molecule has 2 N–H and O–H groups in total. The van der Waals surface area contributed by atoms with Gasteiger partial charge in [0.05, 0.1) is 17.6 Å². The number of halogens is 1. The summed E-state index contributed by atoms with van der Waals surface area (Å²) in [6, 6.07) is 8.32. The number of amides is 2. The highest BCUT2D eigenvalue weighted by molar-refractivity contribution is 5.98. The molecule has 9 nitrogen and oxygen atoms in total. The van der Waals surface area contributed by atoms with Gasteiger partial charge in [-0.3, -0.25) is 9.67 Å². The van der Waals surface area contributed by atoms with Crippen molar-refractivity contribution < 1.29 is 18.4 Å². The monoisotopic (exact) mass is 462 g/mol. The van der Waals surface area contributed by atoms with E-state index in [1.54, 1.807) is 41.3 Å². The molecule has 0 aliphatic heterocycles. The molecule has 1 saturated carbocycles. The predicted molar refractivity (Wildman–Crippen MR) is 122 cm³/mol. The fraction of sp³-hybridized carbons (Fsp3) is 0.250. The molecular formula is C24H23FN6O3. The van der Waals surface area contributed by atoms with Crippen molar-refractivity contribution in [3.8, 4) is 22.8 Å². The first kappa shape index (κ1) is 21.6. The van der Waals surface area contributed by atoms with Crippen molar-refractivity contribution in [3.05, 3.63) is 66.5 Å². The van der Waals surface area contributed by atoms with Crippen molar-refractivity contribution >= 4 is 17.6 Å². The number of anilines is 2. The van der Waals surface area contributed by atoms with Crippen LogP contribution >= 0.6 is 0 Å². The summed E-state index contributed by atoms with van der Waals surface area (Å²) in [7, 11) is 1.81. The molecule has 174 valence electrons. The number of ether oxygens (including phenoxy) is 1. The number of rotatable bonds is 6. The van der Waals surface area contributed by atoms with Crippen molar-refractivity contribution in [1.82, 2.24) is 19.9 Å². The van der Waals surface area contributed by atoms with Crippen molar-refractivity contribution in [2.75, 3.05) is 4.90 Å². The maximum atomic E-state index is 15.1. The lowest BCUT2D eigenvalue weighted by Crippen LogP contribution is -2.32. The number of carbonyl (C=O) groups is 1. The van der Waals surface area contributed by atoms with E-state index < -0.39 is 11.8 Å². The lowest BCUT2D eigenvalue weighted by atomic mass is 10.0. The predicted octanol–water partition coefficient (Wildman–Crippen LogP) is 5.28. The van der Waals surface area contributed by atoms with Crippen molar-refractivity contribution in [3.63, 3.8) is 0 Å². The fourth-order valence-corrected chi connectivity index (χ4v) is 4.23. The Kier molecular flexibility index (Phi) is 5.70. The molecule has 1 aliphatic rings. The number of nitrogens with zero attached hydrogens (tertiary/aromatic N) is 5. The second-order valence-electron chi connectivity index (χ2n) is 8.21. The molecule has 4 aromatic rings. The van der Waals surface area contributed by atoms with E-state index >= 15 is 4.39 Å². The molecule has 1 aliphatic carbocycles. The van der Waals surface area contributed by atoms with E-state index in [0.29, 0.717) is 11.4 Å². The fourth-order valence-electron chi connectivity index (χ4n) is 4.23. The van der Waals surface area contributed by atoms with Gasteiger partial charge in [0.1, 0.15) is 11.4 Å². The molecular weight excluding hydrogens is 439 g/mol. The maximum absolute atomic E-state index is 15.1. The van der Waals surface area contributed by atoms with Crippen LogP contribution in [0.1, 0.15) is 37.3 Å². The summed E-state index contributed by atoms with van der Waals surface area (Å²) in [6.07, 6.45) is 9.30. The Labute approximate surface area is 194 Å². The lowest BCUT2D eigenvalue weighted by Gasteiger charge is -2.20. The van der Waals surface area contributed by atoms with Gasteiger partial charge in [-0.1, -0.05) is 24.1 Å². The third kappa shape index (κ3) is 4.21. The maximum Gasteiger partial charge on any atom is 0.326 e. The summed E-state index contributed by atoms with van der Waals surface area (Å²) in [6.45, 7) is 0. The molecule has 0 saturated heterocycles. The molecule has 34 heavy (non-hydrogen) atoms. The third-order valence-electron chi connectivity index (χ3n) is 5.86. The number of hydrogen-bond acceptors (Lipinski definition) is 6. The number of pyridine rings is 1. The molecule has 0 atom stereocenters. The molecule has 1 fully saturated rings. The van der Waals surface area contributed by atoms with Gasteiger partial charge in [0, 0.05) is 43.1 Å². The van der Waals surface area contributed by atoms with Gasteiger partial charge in [-0.05, 0) is 31.0 Å². The van der Waals surface area contributed by atoms with Crippen LogP contribution in [-0.4, -0.2) is 26.0 Å². The van der Waals surface area contributed by atoms with Crippen LogP contribution < -0.4 is 15.4 Å². The van der Waals surface area contributed by atoms with Crippen LogP contribution in [0.3, 0.4) is 0 Å². The number of primary amides is 1. The average Bonchev–Trinajstić information content (AvgIpc) is 3.58. The van der Waals surface area contributed by atoms with Crippen LogP contribution in [0.5, 0.6) is 11.5 Å². The number of urea groups is 1. The summed E-state index contributed by atoms with van der Waals surface area (Å²) < 4.78 is 28.2. The van der Waals surface area contributed by atoms with Crippen molar-refractivity contribution in [2.24, 2.45) is 12.8 Å². The molecule has 1 aromatic carbocycles. The number of benzene rings is 1.